The molecule has 0 aromatic heterocycles. The SMILES string of the molecule is Cc1ccc(N([O-])O)cc1. The van der Waals surface area contributed by atoms with E-state index >= 15 is 0 Å². The van der Waals surface area contributed by atoms with Crippen LogP contribution in [0.25, 0.3) is 0 Å². The zero-order valence-corrected chi connectivity index (χ0v) is 5.61. The minimum Gasteiger partial charge on any atom is -0.733 e. The Hall–Kier alpha value is -1.06. The third-order valence-corrected chi connectivity index (χ3v) is 1.25. The lowest BCUT2D eigenvalue weighted by atomic mass is 10.2. The third-order valence-electron chi connectivity index (χ3n) is 1.25. The molecule has 54 valence electrons. The van der Waals surface area contributed by atoms with Crippen molar-refractivity contribution in [3.8, 4) is 0 Å². The molecule has 3 nitrogen and oxygen atoms in total. The molecule has 10 heavy (non-hydrogen) atoms. The summed E-state index contributed by atoms with van der Waals surface area (Å²) in [5, 5.41) is 18.5. The molecule has 0 atom stereocenters. The summed E-state index contributed by atoms with van der Waals surface area (Å²) in [6, 6.07) is 6.64. The van der Waals surface area contributed by atoms with Gasteiger partial charge in [-0.25, -0.2) is 0 Å². The van der Waals surface area contributed by atoms with E-state index in [0.717, 1.165) is 5.56 Å². The molecule has 1 rings (SSSR count). The van der Waals surface area contributed by atoms with Crippen molar-refractivity contribution < 1.29 is 5.21 Å². The standard InChI is InChI=1S/C7H8NO2/c1-6-2-4-7(5-3-6)8(9)10/h2-5,9H,1H3/q-1. The number of hydrogen-bond acceptors (Lipinski definition) is 3. The molecule has 1 N–H and O–H groups in total. The van der Waals surface area contributed by atoms with Gasteiger partial charge >= 0.3 is 0 Å². The summed E-state index contributed by atoms with van der Waals surface area (Å²) in [6.45, 7) is 1.91. The van der Waals surface area contributed by atoms with Crippen molar-refractivity contribution in [3.63, 3.8) is 0 Å². The van der Waals surface area contributed by atoms with Gasteiger partial charge in [-0.3, -0.25) is 5.21 Å². The number of hydrogen-bond donors (Lipinski definition) is 1. The molecule has 0 aliphatic rings. The second kappa shape index (κ2) is 2.68. The fourth-order valence-corrected chi connectivity index (χ4v) is 0.672. The predicted octanol–water partition coefficient (Wildman–Crippen LogP) is 1.69. The van der Waals surface area contributed by atoms with Crippen molar-refractivity contribution in [3.05, 3.63) is 35.0 Å². The molecule has 0 spiro atoms. The molecular formula is C7H8NO2-. The molecule has 1 aromatic carbocycles. The van der Waals surface area contributed by atoms with Crippen molar-refractivity contribution in [1.82, 2.24) is 0 Å². The highest BCUT2D eigenvalue weighted by Gasteiger charge is 1.88. The fraction of sp³-hybridized carbons (Fsp3) is 0.143. The molecule has 0 amide bonds. The Morgan fingerprint density at radius 1 is 1.30 bits per heavy atom. The molecule has 3 heteroatoms. The van der Waals surface area contributed by atoms with Crippen molar-refractivity contribution in [1.29, 1.82) is 0 Å². The zero-order chi connectivity index (χ0) is 7.56. The Labute approximate surface area is 59.1 Å². The van der Waals surface area contributed by atoms with Crippen LogP contribution in [-0.4, -0.2) is 5.21 Å². The summed E-state index contributed by atoms with van der Waals surface area (Å²) in [7, 11) is 0. The van der Waals surface area contributed by atoms with Gasteiger partial charge < -0.3 is 10.4 Å². The Bertz CT molecular complexity index is 205. The van der Waals surface area contributed by atoms with E-state index in [2.05, 4.69) is 0 Å². The lowest BCUT2D eigenvalue weighted by Gasteiger charge is -2.21. The minimum atomic E-state index is -0.153. The molecule has 0 aliphatic heterocycles. The Kier molecular flexibility index (Phi) is 1.89. The first-order valence-corrected chi connectivity index (χ1v) is 2.93. The summed E-state index contributed by atoms with van der Waals surface area (Å²) in [6.07, 6.45) is 0. The highest BCUT2D eigenvalue weighted by molar-refractivity contribution is 5.45. The van der Waals surface area contributed by atoms with Crippen LogP contribution in [0.15, 0.2) is 24.3 Å². The third kappa shape index (κ3) is 1.46. The van der Waals surface area contributed by atoms with Crippen molar-refractivity contribution in [2.45, 2.75) is 6.92 Å². The normalized spacial score (nSPS) is 9.50. The van der Waals surface area contributed by atoms with Gasteiger partial charge in [-0.15, -0.1) is 0 Å². The van der Waals surface area contributed by atoms with Crippen LogP contribution in [-0.2, 0) is 0 Å². The monoisotopic (exact) mass is 138 g/mol. The van der Waals surface area contributed by atoms with Crippen LogP contribution in [0.4, 0.5) is 5.69 Å². The Morgan fingerprint density at radius 2 is 1.80 bits per heavy atom. The van der Waals surface area contributed by atoms with Crippen LogP contribution >= 0.6 is 0 Å². The van der Waals surface area contributed by atoms with E-state index in [0.29, 0.717) is 0 Å². The second-order valence-electron chi connectivity index (χ2n) is 2.11. The topological polar surface area (TPSA) is 46.5 Å². The van der Waals surface area contributed by atoms with E-state index in [1.807, 2.05) is 6.92 Å². The molecule has 0 unspecified atom stereocenters. The molecular weight excluding hydrogens is 130 g/mol. The molecule has 0 fully saturated rings. The summed E-state index contributed by atoms with van der Waals surface area (Å²) >= 11 is 0. The van der Waals surface area contributed by atoms with Crippen LogP contribution in [0.5, 0.6) is 0 Å². The lowest BCUT2D eigenvalue weighted by Crippen LogP contribution is -2.06. The van der Waals surface area contributed by atoms with E-state index < -0.39 is 0 Å². The number of anilines is 1. The average Bonchev–Trinajstić information content (AvgIpc) is 1.88. The lowest BCUT2D eigenvalue weighted by molar-refractivity contribution is 0.296. The summed E-state index contributed by atoms with van der Waals surface area (Å²) in [5.41, 5.74) is 1.32. The maximum absolute atomic E-state index is 10.2. The maximum Gasteiger partial charge on any atom is 0.0508 e. The van der Waals surface area contributed by atoms with Crippen LogP contribution in [0, 0.1) is 12.1 Å². The van der Waals surface area contributed by atoms with Gasteiger partial charge in [0.1, 0.15) is 0 Å². The molecule has 0 saturated heterocycles. The van der Waals surface area contributed by atoms with E-state index in [-0.39, 0.29) is 10.9 Å². The fourth-order valence-electron chi connectivity index (χ4n) is 0.672. The van der Waals surface area contributed by atoms with Gasteiger partial charge in [0.2, 0.25) is 0 Å². The second-order valence-corrected chi connectivity index (χ2v) is 2.11. The van der Waals surface area contributed by atoms with Gasteiger partial charge in [0.25, 0.3) is 0 Å². The van der Waals surface area contributed by atoms with E-state index in [1.165, 1.54) is 0 Å². The summed E-state index contributed by atoms with van der Waals surface area (Å²) in [5.74, 6) is 0. The predicted molar refractivity (Wildman–Crippen MR) is 38.8 cm³/mol. The van der Waals surface area contributed by atoms with Gasteiger partial charge in [0.05, 0.1) is 5.69 Å². The van der Waals surface area contributed by atoms with Crippen LogP contribution in [0.1, 0.15) is 5.56 Å². The number of aryl methyl sites for hydroxylation is 1. The molecule has 0 bridgehead atoms. The smallest absolute Gasteiger partial charge is 0.0508 e. The van der Waals surface area contributed by atoms with E-state index in [4.69, 9.17) is 5.21 Å². The highest BCUT2D eigenvalue weighted by Crippen LogP contribution is 2.10. The van der Waals surface area contributed by atoms with Gasteiger partial charge in [-0.1, -0.05) is 17.7 Å². The number of rotatable bonds is 1. The van der Waals surface area contributed by atoms with Gasteiger partial charge in [0.15, 0.2) is 0 Å². The van der Waals surface area contributed by atoms with Crippen molar-refractivity contribution >= 4 is 5.69 Å². The maximum atomic E-state index is 10.2. The van der Waals surface area contributed by atoms with Crippen LogP contribution in [0.3, 0.4) is 0 Å². The van der Waals surface area contributed by atoms with E-state index in [1.54, 1.807) is 24.3 Å². The van der Waals surface area contributed by atoms with Crippen molar-refractivity contribution in [2.24, 2.45) is 0 Å². The Balaban J connectivity index is 2.89. The number of benzene rings is 1. The van der Waals surface area contributed by atoms with E-state index in [9.17, 15) is 5.21 Å². The molecule has 1 aromatic rings. The first kappa shape index (κ1) is 7.05. The minimum absolute atomic E-state index is 0.153. The highest BCUT2D eigenvalue weighted by atomic mass is 16.8. The van der Waals surface area contributed by atoms with Gasteiger partial charge in [-0.2, -0.15) is 0 Å². The molecule has 0 radical (unpaired) electrons. The Morgan fingerprint density at radius 3 is 2.20 bits per heavy atom. The summed E-state index contributed by atoms with van der Waals surface area (Å²) < 4.78 is 0. The number of nitrogens with zero attached hydrogens (tertiary/aromatic N) is 1. The molecule has 0 saturated carbocycles. The molecule has 0 heterocycles. The average molecular weight is 138 g/mol. The molecule has 0 aliphatic carbocycles. The van der Waals surface area contributed by atoms with Gasteiger partial charge in [-0.05, 0) is 19.1 Å². The quantitative estimate of drug-likeness (QED) is 0.600. The summed E-state index contributed by atoms with van der Waals surface area (Å²) in [4.78, 5) is 0. The van der Waals surface area contributed by atoms with Crippen LogP contribution < -0.4 is 5.23 Å². The van der Waals surface area contributed by atoms with Crippen LogP contribution in [0.2, 0.25) is 0 Å². The van der Waals surface area contributed by atoms with Crippen molar-refractivity contribution in [2.75, 3.05) is 5.23 Å². The first-order valence-electron chi connectivity index (χ1n) is 2.93. The first-order chi connectivity index (χ1) is 4.70. The zero-order valence-electron chi connectivity index (χ0n) is 5.61. The largest absolute Gasteiger partial charge is 0.733 e. The van der Waals surface area contributed by atoms with Gasteiger partial charge in [0, 0.05) is 0 Å².